The van der Waals surface area contributed by atoms with Crippen LogP contribution in [0.3, 0.4) is 0 Å². The van der Waals surface area contributed by atoms with Crippen LogP contribution in [-0.2, 0) is 9.59 Å². The molecule has 2 amide bonds. The van der Waals surface area contributed by atoms with Crippen molar-refractivity contribution in [3.05, 3.63) is 12.2 Å². The summed E-state index contributed by atoms with van der Waals surface area (Å²) in [5, 5.41) is 3.03. The van der Waals surface area contributed by atoms with Crippen LogP contribution < -0.4 is 5.32 Å². The minimum Gasteiger partial charge on any atom is -0.342 e. The highest BCUT2D eigenvalue weighted by atomic mass is 16.2. The number of amides is 2. The Morgan fingerprint density at radius 1 is 1.25 bits per heavy atom. The summed E-state index contributed by atoms with van der Waals surface area (Å²) in [5.74, 6) is 0.789. The van der Waals surface area contributed by atoms with Crippen LogP contribution in [0.4, 0.5) is 0 Å². The van der Waals surface area contributed by atoms with Crippen LogP contribution in [0.2, 0.25) is 0 Å². The first-order valence-corrected chi connectivity index (χ1v) is 7.95. The second-order valence-electron chi connectivity index (χ2n) is 6.49. The zero-order valence-corrected chi connectivity index (χ0v) is 12.1. The van der Waals surface area contributed by atoms with Crippen LogP contribution >= 0.6 is 0 Å². The molecular weight excluding hydrogens is 252 g/mol. The first-order chi connectivity index (χ1) is 9.70. The largest absolute Gasteiger partial charge is 0.342 e. The van der Waals surface area contributed by atoms with Crippen molar-refractivity contribution in [2.45, 2.75) is 56.9 Å². The van der Waals surface area contributed by atoms with Crippen LogP contribution in [0, 0.1) is 5.92 Å². The lowest BCUT2D eigenvalue weighted by molar-refractivity contribution is -0.139. The Balaban J connectivity index is 1.74. The molecule has 1 spiro atoms. The molecule has 0 aromatic carbocycles. The summed E-state index contributed by atoms with van der Waals surface area (Å²) in [6.45, 7) is 1.41. The van der Waals surface area contributed by atoms with Crippen LogP contribution in [0.1, 0.15) is 51.4 Å². The third-order valence-electron chi connectivity index (χ3n) is 5.00. The van der Waals surface area contributed by atoms with Crippen LogP contribution in [-0.4, -0.2) is 35.3 Å². The second-order valence-corrected chi connectivity index (χ2v) is 6.49. The van der Waals surface area contributed by atoms with Crippen molar-refractivity contribution in [1.29, 1.82) is 0 Å². The number of hydrogen-bond acceptors (Lipinski definition) is 2. The van der Waals surface area contributed by atoms with Gasteiger partial charge in [-0.25, -0.2) is 0 Å². The van der Waals surface area contributed by atoms with Gasteiger partial charge in [0.25, 0.3) is 0 Å². The van der Waals surface area contributed by atoms with Gasteiger partial charge < -0.3 is 10.2 Å². The van der Waals surface area contributed by atoms with Gasteiger partial charge in [-0.05, 0) is 38.0 Å². The number of carbonyl (C=O) groups is 2. The van der Waals surface area contributed by atoms with Crippen LogP contribution in [0.15, 0.2) is 12.2 Å². The highest BCUT2D eigenvalue weighted by Crippen LogP contribution is 2.33. The maximum absolute atomic E-state index is 12.9. The number of nitrogens with zero attached hydrogens (tertiary/aromatic N) is 1. The molecule has 1 N–H and O–H groups in total. The van der Waals surface area contributed by atoms with E-state index in [0.29, 0.717) is 18.9 Å². The molecule has 0 bridgehead atoms. The van der Waals surface area contributed by atoms with Gasteiger partial charge >= 0.3 is 0 Å². The summed E-state index contributed by atoms with van der Waals surface area (Å²) in [6, 6.07) is 0. The monoisotopic (exact) mass is 276 g/mol. The fourth-order valence-electron chi connectivity index (χ4n) is 3.85. The highest BCUT2D eigenvalue weighted by Gasteiger charge is 2.46. The third-order valence-corrected chi connectivity index (χ3v) is 5.00. The van der Waals surface area contributed by atoms with Gasteiger partial charge in [0.1, 0.15) is 5.54 Å². The molecule has 110 valence electrons. The molecule has 1 atom stereocenters. The van der Waals surface area contributed by atoms with E-state index in [1.807, 2.05) is 4.90 Å². The molecule has 4 heteroatoms. The van der Waals surface area contributed by atoms with E-state index < -0.39 is 5.54 Å². The molecule has 3 rings (SSSR count). The number of carbonyl (C=O) groups excluding carboxylic acids is 2. The zero-order valence-electron chi connectivity index (χ0n) is 12.1. The van der Waals surface area contributed by atoms with Crippen molar-refractivity contribution in [1.82, 2.24) is 10.2 Å². The van der Waals surface area contributed by atoms with E-state index in [2.05, 4.69) is 17.5 Å². The summed E-state index contributed by atoms with van der Waals surface area (Å²) in [6.07, 6.45) is 12.0. The highest BCUT2D eigenvalue weighted by molar-refractivity contribution is 5.93. The fraction of sp³-hybridized carbons (Fsp3) is 0.750. The lowest BCUT2D eigenvalue weighted by Crippen LogP contribution is -2.56. The van der Waals surface area contributed by atoms with Crippen LogP contribution in [0.25, 0.3) is 0 Å². The molecule has 1 saturated carbocycles. The molecular formula is C16H24N2O2. The molecule has 4 nitrogen and oxygen atoms in total. The maximum Gasteiger partial charge on any atom is 0.248 e. The maximum atomic E-state index is 12.9. The Labute approximate surface area is 120 Å². The Morgan fingerprint density at radius 2 is 2.05 bits per heavy atom. The normalized spacial score (nSPS) is 29.6. The van der Waals surface area contributed by atoms with E-state index >= 15 is 0 Å². The summed E-state index contributed by atoms with van der Waals surface area (Å²) in [5.41, 5.74) is -0.571. The van der Waals surface area contributed by atoms with E-state index in [-0.39, 0.29) is 11.8 Å². The van der Waals surface area contributed by atoms with E-state index in [1.54, 1.807) is 0 Å². The summed E-state index contributed by atoms with van der Waals surface area (Å²) >= 11 is 0. The zero-order chi connectivity index (χ0) is 14.0. The standard InChI is InChI=1S/C16H24N2O2/c19-14-8-11-18(12-13-6-2-1-3-7-13)15(20)16(17-14)9-4-5-10-16/h1-2,13H,3-12H2,(H,17,19). The smallest absolute Gasteiger partial charge is 0.248 e. The lowest BCUT2D eigenvalue weighted by atomic mass is 9.92. The van der Waals surface area contributed by atoms with Crippen molar-refractivity contribution in [2.24, 2.45) is 5.92 Å². The Kier molecular flexibility index (Phi) is 3.81. The van der Waals surface area contributed by atoms with Crippen molar-refractivity contribution in [2.75, 3.05) is 13.1 Å². The van der Waals surface area contributed by atoms with Gasteiger partial charge in [0.05, 0.1) is 0 Å². The lowest BCUT2D eigenvalue weighted by Gasteiger charge is -2.34. The second kappa shape index (κ2) is 5.58. The first-order valence-electron chi connectivity index (χ1n) is 7.95. The predicted octanol–water partition coefficient (Wildman–Crippen LogP) is 2.00. The minimum atomic E-state index is -0.571. The summed E-state index contributed by atoms with van der Waals surface area (Å²) < 4.78 is 0. The van der Waals surface area contributed by atoms with Gasteiger partial charge in [-0.15, -0.1) is 0 Å². The number of nitrogens with one attached hydrogen (secondary N) is 1. The summed E-state index contributed by atoms with van der Waals surface area (Å²) in [4.78, 5) is 26.8. The molecule has 20 heavy (non-hydrogen) atoms. The van der Waals surface area contributed by atoms with Crippen molar-refractivity contribution >= 4 is 11.8 Å². The van der Waals surface area contributed by atoms with Crippen LogP contribution in [0.5, 0.6) is 0 Å². The molecule has 1 aliphatic heterocycles. The molecule has 2 fully saturated rings. The van der Waals surface area contributed by atoms with Crippen molar-refractivity contribution in [3.63, 3.8) is 0 Å². The molecule has 0 aromatic heterocycles. The molecule has 1 saturated heterocycles. The Bertz CT molecular complexity index is 424. The van der Waals surface area contributed by atoms with E-state index in [1.165, 1.54) is 0 Å². The average molecular weight is 276 g/mol. The molecule has 2 aliphatic carbocycles. The first kappa shape index (κ1) is 13.7. The van der Waals surface area contributed by atoms with Gasteiger partial charge in [0, 0.05) is 19.5 Å². The van der Waals surface area contributed by atoms with Gasteiger partial charge in [0.15, 0.2) is 0 Å². The van der Waals surface area contributed by atoms with Crippen molar-refractivity contribution < 1.29 is 9.59 Å². The molecule has 0 aromatic rings. The molecule has 0 radical (unpaired) electrons. The van der Waals surface area contributed by atoms with E-state index in [9.17, 15) is 9.59 Å². The minimum absolute atomic E-state index is 0.0475. The van der Waals surface area contributed by atoms with Gasteiger partial charge in [0.2, 0.25) is 11.8 Å². The van der Waals surface area contributed by atoms with Gasteiger partial charge in [-0.1, -0.05) is 25.0 Å². The number of rotatable bonds is 2. The number of hydrogen-bond donors (Lipinski definition) is 1. The fourth-order valence-corrected chi connectivity index (χ4v) is 3.85. The summed E-state index contributed by atoms with van der Waals surface area (Å²) in [7, 11) is 0. The average Bonchev–Trinajstić information content (AvgIpc) is 2.89. The predicted molar refractivity (Wildman–Crippen MR) is 77.0 cm³/mol. The molecule has 1 unspecified atom stereocenters. The Hall–Kier alpha value is -1.32. The quantitative estimate of drug-likeness (QED) is 0.784. The molecule has 3 aliphatic rings. The SMILES string of the molecule is O=C1CCN(CC2CC=CCC2)C(=O)C2(CCCC2)N1. The molecule has 1 heterocycles. The van der Waals surface area contributed by atoms with Gasteiger partial charge in [-0.3, -0.25) is 9.59 Å². The van der Waals surface area contributed by atoms with Gasteiger partial charge in [-0.2, -0.15) is 0 Å². The Morgan fingerprint density at radius 3 is 2.75 bits per heavy atom. The van der Waals surface area contributed by atoms with E-state index in [0.717, 1.165) is 51.5 Å². The van der Waals surface area contributed by atoms with Crippen molar-refractivity contribution in [3.8, 4) is 0 Å². The van der Waals surface area contributed by atoms with E-state index in [4.69, 9.17) is 0 Å². The number of allylic oxidation sites excluding steroid dienone is 2. The topological polar surface area (TPSA) is 49.4 Å². The third kappa shape index (κ3) is 2.60.